The van der Waals surface area contributed by atoms with Gasteiger partial charge in [0.15, 0.2) is 0 Å². The fourth-order valence-corrected chi connectivity index (χ4v) is 1.07. The highest BCUT2D eigenvalue weighted by molar-refractivity contribution is 5.22. The molecule has 0 fully saturated rings. The summed E-state index contributed by atoms with van der Waals surface area (Å²) in [4.78, 5) is 4.47. The lowest BCUT2D eigenvalue weighted by molar-refractivity contribution is -0.497. The second kappa shape index (κ2) is 4.94. The van der Waals surface area contributed by atoms with Gasteiger partial charge in [0, 0.05) is 0 Å². The van der Waals surface area contributed by atoms with E-state index in [9.17, 15) is 0 Å². The Bertz CT molecular complexity index is 263. The van der Waals surface area contributed by atoms with Crippen LogP contribution in [0.25, 0.3) is 0 Å². The van der Waals surface area contributed by atoms with Crippen LogP contribution in [-0.2, 0) is 17.9 Å². The normalized spacial score (nSPS) is 10.8. The van der Waals surface area contributed by atoms with Crippen molar-refractivity contribution in [2.75, 3.05) is 0 Å². The Hall–Kier alpha value is -0.940. The molecular weight excluding hydrogens is 170 g/mol. The highest BCUT2D eigenvalue weighted by Crippen LogP contribution is 2.07. The van der Waals surface area contributed by atoms with Crippen molar-refractivity contribution in [2.24, 2.45) is 0 Å². The van der Waals surface area contributed by atoms with Crippen LogP contribution in [0.3, 0.4) is 0 Å². The van der Waals surface area contributed by atoms with Gasteiger partial charge in [-0.05, 0) is 17.5 Å². The Morgan fingerprint density at radius 1 is 1.31 bits per heavy atom. The SMILES string of the molecule is CCc1cccc(CON(O)O)c1. The summed E-state index contributed by atoms with van der Waals surface area (Å²) in [6, 6.07) is 7.75. The van der Waals surface area contributed by atoms with Crippen LogP contribution in [0.4, 0.5) is 0 Å². The summed E-state index contributed by atoms with van der Waals surface area (Å²) < 4.78 is 0. The van der Waals surface area contributed by atoms with Gasteiger partial charge in [-0.2, -0.15) is 0 Å². The third-order valence-electron chi connectivity index (χ3n) is 1.75. The maximum absolute atomic E-state index is 8.31. The molecule has 0 saturated carbocycles. The largest absolute Gasteiger partial charge is 0.266 e. The van der Waals surface area contributed by atoms with Crippen LogP contribution >= 0.6 is 0 Å². The topological polar surface area (TPSA) is 52.9 Å². The zero-order valence-electron chi connectivity index (χ0n) is 7.47. The summed E-state index contributed by atoms with van der Waals surface area (Å²) in [7, 11) is 0. The fraction of sp³-hybridized carbons (Fsp3) is 0.333. The van der Waals surface area contributed by atoms with Gasteiger partial charge in [-0.1, -0.05) is 31.2 Å². The molecule has 72 valence electrons. The minimum atomic E-state index is -0.279. The lowest BCUT2D eigenvalue weighted by Gasteiger charge is -2.06. The highest BCUT2D eigenvalue weighted by Gasteiger charge is 1.97. The van der Waals surface area contributed by atoms with Crippen LogP contribution in [0.2, 0.25) is 0 Å². The zero-order chi connectivity index (χ0) is 9.68. The number of rotatable bonds is 4. The van der Waals surface area contributed by atoms with Crippen molar-refractivity contribution in [1.29, 1.82) is 0 Å². The van der Waals surface area contributed by atoms with Gasteiger partial charge < -0.3 is 0 Å². The highest BCUT2D eigenvalue weighted by atomic mass is 17.1. The van der Waals surface area contributed by atoms with Crippen LogP contribution in [0.1, 0.15) is 18.1 Å². The van der Waals surface area contributed by atoms with Crippen LogP contribution in [0.5, 0.6) is 0 Å². The average molecular weight is 183 g/mol. The first kappa shape index (κ1) is 10.1. The molecule has 4 nitrogen and oxygen atoms in total. The van der Waals surface area contributed by atoms with Gasteiger partial charge >= 0.3 is 0 Å². The molecule has 0 bridgehead atoms. The van der Waals surface area contributed by atoms with Crippen molar-refractivity contribution in [3.63, 3.8) is 0 Å². The second-order valence-electron chi connectivity index (χ2n) is 2.70. The van der Waals surface area contributed by atoms with E-state index in [1.165, 1.54) is 5.56 Å². The first-order chi connectivity index (χ1) is 6.22. The number of aryl methyl sites for hydroxylation is 1. The van der Waals surface area contributed by atoms with Crippen LogP contribution < -0.4 is 0 Å². The Kier molecular flexibility index (Phi) is 3.85. The Morgan fingerprint density at radius 2 is 2.00 bits per heavy atom. The van der Waals surface area contributed by atoms with Gasteiger partial charge in [-0.25, -0.2) is 4.84 Å². The average Bonchev–Trinajstić information content (AvgIpc) is 2.15. The monoisotopic (exact) mass is 183 g/mol. The summed E-state index contributed by atoms with van der Waals surface area (Å²) in [6.45, 7) is 2.21. The summed E-state index contributed by atoms with van der Waals surface area (Å²) in [5, 5.41) is 16.3. The smallest absolute Gasteiger partial charge is 0.0987 e. The second-order valence-corrected chi connectivity index (χ2v) is 2.70. The minimum absolute atomic E-state index is 0.154. The standard InChI is InChI=1S/C9H13NO3/c1-2-8-4-3-5-9(6-8)7-13-10(11)12/h3-6,11-12H,2,7H2,1H3. The van der Waals surface area contributed by atoms with Gasteiger partial charge in [-0.15, -0.1) is 0 Å². The van der Waals surface area contributed by atoms with Crippen molar-refractivity contribution in [3.05, 3.63) is 35.4 Å². The van der Waals surface area contributed by atoms with E-state index in [-0.39, 0.29) is 12.0 Å². The Labute approximate surface area is 76.9 Å². The van der Waals surface area contributed by atoms with E-state index in [1.807, 2.05) is 24.3 Å². The molecule has 1 aromatic carbocycles. The fourth-order valence-electron chi connectivity index (χ4n) is 1.07. The molecule has 0 atom stereocenters. The predicted octanol–water partition coefficient (Wildman–Crippen LogP) is 1.76. The summed E-state index contributed by atoms with van der Waals surface area (Å²) in [5.41, 5.74) is 2.11. The van der Waals surface area contributed by atoms with Crippen molar-refractivity contribution in [3.8, 4) is 0 Å². The van der Waals surface area contributed by atoms with Crippen molar-refractivity contribution in [2.45, 2.75) is 20.0 Å². The molecule has 2 N–H and O–H groups in total. The molecule has 0 unspecified atom stereocenters. The molecule has 0 aliphatic rings. The predicted molar refractivity (Wildman–Crippen MR) is 46.0 cm³/mol. The molecule has 1 rings (SSSR count). The van der Waals surface area contributed by atoms with E-state index in [4.69, 9.17) is 10.4 Å². The summed E-state index contributed by atoms with van der Waals surface area (Å²) in [6.07, 6.45) is 0.954. The molecule has 0 amide bonds. The third kappa shape index (κ3) is 3.52. The van der Waals surface area contributed by atoms with E-state index in [1.54, 1.807) is 0 Å². The maximum atomic E-state index is 8.31. The van der Waals surface area contributed by atoms with Crippen molar-refractivity contribution < 1.29 is 15.3 Å². The molecular formula is C9H13NO3. The van der Waals surface area contributed by atoms with Gasteiger partial charge in [0.25, 0.3) is 0 Å². The Balaban J connectivity index is 2.56. The lowest BCUT2D eigenvalue weighted by atomic mass is 10.1. The van der Waals surface area contributed by atoms with E-state index < -0.39 is 0 Å². The molecule has 0 aliphatic heterocycles. The van der Waals surface area contributed by atoms with Gasteiger partial charge in [0.2, 0.25) is 0 Å². The van der Waals surface area contributed by atoms with Crippen LogP contribution in [0.15, 0.2) is 24.3 Å². The van der Waals surface area contributed by atoms with Gasteiger partial charge in [0.1, 0.15) is 0 Å². The van der Waals surface area contributed by atoms with E-state index in [0.29, 0.717) is 0 Å². The summed E-state index contributed by atoms with van der Waals surface area (Å²) >= 11 is 0. The number of nitrogens with zero attached hydrogens (tertiary/aromatic N) is 1. The third-order valence-corrected chi connectivity index (χ3v) is 1.75. The van der Waals surface area contributed by atoms with E-state index in [0.717, 1.165) is 12.0 Å². The van der Waals surface area contributed by atoms with Gasteiger partial charge in [-0.3, -0.25) is 10.4 Å². The lowest BCUT2D eigenvalue weighted by Crippen LogP contribution is -2.13. The first-order valence-corrected chi connectivity index (χ1v) is 4.11. The molecule has 0 spiro atoms. The van der Waals surface area contributed by atoms with Crippen LogP contribution in [-0.4, -0.2) is 15.8 Å². The molecule has 0 aliphatic carbocycles. The van der Waals surface area contributed by atoms with Gasteiger partial charge in [0.05, 0.1) is 12.0 Å². The van der Waals surface area contributed by atoms with Crippen LogP contribution in [0, 0.1) is 0 Å². The quantitative estimate of drug-likeness (QED) is 0.698. The molecule has 0 saturated heterocycles. The number of benzene rings is 1. The minimum Gasteiger partial charge on any atom is -0.266 e. The van der Waals surface area contributed by atoms with E-state index >= 15 is 0 Å². The first-order valence-electron chi connectivity index (χ1n) is 4.11. The Morgan fingerprint density at radius 3 is 2.62 bits per heavy atom. The summed E-state index contributed by atoms with van der Waals surface area (Å²) in [5.74, 6) is 0. The number of hydrogen-bond acceptors (Lipinski definition) is 4. The zero-order valence-corrected chi connectivity index (χ0v) is 7.47. The van der Waals surface area contributed by atoms with E-state index in [2.05, 4.69) is 11.8 Å². The molecule has 0 aromatic heterocycles. The molecule has 1 aromatic rings. The molecule has 0 radical (unpaired) electrons. The molecule has 4 heteroatoms. The number of hydrogen-bond donors (Lipinski definition) is 2. The van der Waals surface area contributed by atoms with Crippen molar-refractivity contribution in [1.82, 2.24) is 5.39 Å². The van der Waals surface area contributed by atoms with Crippen molar-refractivity contribution >= 4 is 0 Å². The molecule has 13 heavy (non-hydrogen) atoms. The maximum Gasteiger partial charge on any atom is 0.0987 e. The molecule has 0 heterocycles.